The van der Waals surface area contributed by atoms with Crippen LogP contribution in [-0.4, -0.2) is 6.41 Å². The van der Waals surface area contributed by atoms with Gasteiger partial charge in [0.2, 0.25) is 6.41 Å². The van der Waals surface area contributed by atoms with Gasteiger partial charge in [-0.2, -0.15) is 0 Å². The molecule has 0 aliphatic heterocycles. The molecule has 0 aromatic rings. The van der Waals surface area contributed by atoms with Crippen molar-refractivity contribution in [1.29, 1.82) is 0 Å². The summed E-state index contributed by atoms with van der Waals surface area (Å²) in [4.78, 5) is 8.58. The molecular weight excluding hydrogens is 182 g/mol. The number of carbonyl (C=O) groups excluding carboxylic acids is 1. The van der Waals surface area contributed by atoms with Crippen molar-refractivity contribution in [1.82, 2.24) is 0 Å². The number of hydrogen-bond donors (Lipinski definition) is 1. The van der Waals surface area contributed by atoms with E-state index in [1.165, 1.54) is 0 Å². The molecule has 1 amide bonds. The van der Waals surface area contributed by atoms with Crippen LogP contribution in [0.2, 0.25) is 0 Å². The minimum atomic E-state index is 0. The molecule has 0 saturated heterocycles. The van der Waals surface area contributed by atoms with Gasteiger partial charge in [0.25, 0.3) is 0 Å². The van der Waals surface area contributed by atoms with Crippen molar-refractivity contribution in [3.8, 4) is 0 Å². The molecule has 22 valence electrons. The van der Waals surface area contributed by atoms with Gasteiger partial charge in [-0.25, -0.2) is 0 Å². The Hall–Kier alpha value is 0.847. The third-order valence-electron chi connectivity index (χ3n) is 0. The first-order valence-electron chi connectivity index (χ1n) is 0.569. The molecule has 0 rings (SSSR count). The Morgan fingerprint density at radius 3 is 1.75 bits per heavy atom. The third kappa shape index (κ3) is 13.5. The first kappa shape index (κ1) is 8.85. The molecule has 4 heavy (non-hydrogen) atoms. The van der Waals surface area contributed by atoms with Crippen LogP contribution in [-0.2, 0) is 4.79 Å². The van der Waals surface area contributed by atoms with Gasteiger partial charge in [0.05, 0.1) is 0 Å². The Bertz CT molecular complexity index is 15.5. The van der Waals surface area contributed by atoms with E-state index >= 15 is 0 Å². The van der Waals surface area contributed by atoms with Crippen molar-refractivity contribution >= 4 is 6.41 Å². The monoisotopic (exact) mass is 185 g/mol. The fourth-order valence-electron chi connectivity index (χ4n) is 0. The van der Waals surface area contributed by atoms with E-state index < -0.39 is 0 Å². The SMILES string of the molecule is NC=O.[Ce]. The molecule has 2 nitrogen and oxygen atoms in total. The number of primary amides is 1. The molecule has 0 aromatic heterocycles. The van der Waals surface area contributed by atoms with E-state index in [1.807, 2.05) is 0 Å². The predicted octanol–water partition coefficient (Wildman–Crippen LogP) is -0.899. The van der Waals surface area contributed by atoms with E-state index in [9.17, 15) is 0 Å². The largest absolute Gasteiger partial charge is 0.372 e. The van der Waals surface area contributed by atoms with E-state index in [4.69, 9.17) is 4.79 Å². The second-order valence-corrected chi connectivity index (χ2v) is 0.136. The molecule has 0 atom stereocenters. The summed E-state index contributed by atoms with van der Waals surface area (Å²) in [5.41, 5.74) is 4.17. The number of rotatable bonds is 0. The van der Waals surface area contributed by atoms with E-state index in [2.05, 4.69) is 5.73 Å². The van der Waals surface area contributed by atoms with Crippen LogP contribution < -0.4 is 5.73 Å². The van der Waals surface area contributed by atoms with Crippen LogP contribution in [0.15, 0.2) is 0 Å². The van der Waals surface area contributed by atoms with Crippen LogP contribution >= 0.6 is 0 Å². The topological polar surface area (TPSA) is 43.1 Å². The van der Waals surface area contributed by atoms with Crippen LogP contribution in [0.25, 0.3) is 0 Å². The zero-order chi connectivity index (χ0) is 2.71. The van der Waals surface area contributed by atoms with Gasteiger partial charge in [-0.3, -0.25) is 4.79 Å². The van der Waals surface area contributed by atoms with E-state index in [0.29, 0.717) is 0 Å². The molecule has 0 heterocycles. The quantitative estimate of drug-likeness (QED) is 0.488. The first-order chi connectivity index (χ1) is 1.41. The zero-order valence-corrected chi connectivity index (χ0v) is 5.20. The Morgan fingerprint density at radius 2 is 1.75 bits per heavy atom. The first-order valence-corrected chi connectivity index (χ1v) is 0.569. The standard InChI is InChI=1S/CH3NO.Ce/c2-1-3;/h1H,(H2,2,3);. The van der Waals surface area contributed by atoms with Gasteiger partial charge >= 0.3 is 0 Å². The van der Waals surface area contributed by atoms with Gasteiger partial charge in [-0.1, -0.05) is 0 Å². The van der Waals surface area contributed by atoms with Crippen LogP contribution in [0.1, 0.15) is 0 Å². The molecule has 0 bridgehead atoms. The Morgan fingerprint density at radius 1 is 1.75 bits per heavy atom. The summed E-state index contributed by atoms with van der Waals surface area (Å²) in [6.07, 6.45) is 0.250. The van der Waals surface area contributed by atoms with Gasteiger partial charge < -0.3 is 5.73 Å². The maximum absolute atomic E-state index is 8.58. The van der Waals surface area contributed by atoms with Gasteiger partial charge in [0.15, 0.2) is 0 Å². The van der Waals surface area contributed by atoms with Crippen molar-refractivity contribution in [3.63, 3.8) is 0 Å². The average molecular weight is 185 g/mol. The number of nitrogens with two attached hydrogens (primary N) is 1. The summed E-state index contributed by atoms with van der Waals surface area (Å²) >= 11 is 0. The Kier molecular flexibility index (Phi) is 20.2. The summed E-state index contributed by atoms with van der Waals surface area (Å²) < 4.78 is 0. The fourth-order valence-corrected chi connectivity index (χ4v) is 0. The Balaban J connectivity index is 0. The van der Waals surface area contributed by atoms with Crippen molar-refractivity contribution in [2.75, 3.05) is 0 Å². The van der Waals surface area contributed by atoms with Crippen molar-refractivity contribution < 1.29 is 46.5 Å². The van der Waals surface area contributed by atoms with Crippen molar-refractivity contribution in [3.05, 3.63) is 0 Å². The molecule has 3 heteroatoms. The smallest absolute Gasteiger partial charge is 0.204 e. The molecule has 0 fully saturated rings. The molecule has 0 aliphatic rings. The molecule has 0 radical (unpaired) electrons. The second-order valence-electron chi connectivity index (χ2n) is 0.136. The fraction of sp³-hybridized carbons (Fsp3) is 0. The number of amides is 1. The zero-order valence-electron chi connectivity index (χ0n) is 2.06. The maximum Gasteiger partial charge on any atom is 0.204 e. The summed E-state index contributed by atoms with van der Waals surface area (Å²) in [5.74, 6) is 0. The van der Waals surface area contributed by atoms with Crippen LogP contribution in [0.3, 0.4) is 0 Å². The molecular formula is CH3CeNO. The molecule has 0 unspecified atom stereocenters. The number of hydrogen-bond acceptors (Lipinski definition) is 1. The van der Waals surface area contributed by atoms with Crippen LogP contribution in [0, 0.1) is 41.7 Å². The van der Waals surface area contributed by atoms with Gasteiger partial charge in [-0.05, 0) is 0 Å². The predicted molar refractivity (Wildman–Crippen MR) is 10.3 cm³/mol. The van der Waals surface area contributed by atoms with Crippen molar-refractivity contribution in [2.45, 2.75) is 0 Å². The second kappa shape index (κ2) is 9.14. The molecule has 0 spiro atoms. The summed E-state index contributed by atoms with van der Waals surface area (Å²) in [5, 5.41) is 0. The van der Waals surface area contributed by atoms with Crippen molar-refractivity contribution in [2.24, 2.45) is 5.73 Å². The maximum atomic E-state index is 8.58. The van der Waals surface area contributed by atoms with E-state index in [1.54, 1.807) is 0 Å². The summed E-state index contributed by atoms with van der Waals surface area (Å²) in [7, 11) is 0. The summed E-state index contributed by atoms with van der Waals surface area (Å²) in [6, 6.07) is 0. The van der Waals surface area contributed by atoms with E-state index in [-0.39, 0.29) is 48.2 Å². The molecule has 0 aromatic carbocycles. The van der Waals surface area contributed by atoms with Crippen LogP contribution in [0.4, 0.5) is 0 Å². The van der Waals surface area contributed by atoms with Gasteiger partial charge in [0.1, 0.15) is 0 Å². The molecule has 2 N–H and O–H groups in total. The number of carbonyl (C=O) groups is 1. The summed E-state index contributed by atoms with van der Waals surface area (Å²) in [6.45, 7) is 0. The van der Waals surface area contributed by atoms with Crippen LogP contribution in [0.5, 0.6) is 0 Å². The van der Waals surface area contributed by atoms with Gasteiger partial charge in [0, 0.05) is 41.7 Å². The third-order valence-corrected chi connectivity index (χ3v) is 0. The average Bonchev–Trinajstić information content (AvgIpc) is 0.918. The van der Waals surface area contributed by atoms with E-state index in [0.717, 1.165) is 0 Å². The minimum absolute atomic E-state index is 0. The minimum Gasteiger partial charge on any atom is -0.372 e. The van der Waals surface area contributed by atoms with Gasteiger partial charge in [-0.15, -0.1) is 0 Å². The normalized spacial score (nSPS) is 3.00. The Labute approximate surface area is 58.1 Å². The molecule has 0 aliphatic carbocycles. The molecule has 0 saturated carbocycles.